The number of nitrogens with zero attached hydrogens (tertiary/aromatic N) is 2. The Morgan fingerprint density at radius 1 is 0.912 bits per heavy atom. The average Bonchev–Trinajstić information content (AvgIpc) is 3.74. The van der Waals surface area contributed by atoms with Crippen LogP contribution in [0.1, 0.15) is 126 Å². The molecule has 3 fully saturated rings. The number of carbonyl (C=O) groups is 4. The van der Waals surface area contributed by atoms with Gasteiger partial charge < -0.3 is 48.1 Å². The van der Waals surface area contributed by atoms with Crippen molar-refractivity contribution in [1.82, 2.24) is 9.47 Å². The number of ketones is 2. The van der Waals surface area contributed by atoms with E-state index in [2.05, 4.69) is 48.9 Å². The molecular weight excluding hydrogens is 869 g/mol. The van der Waals surface area contributed by atoms with Crippen LogP contribution in [-0.4, -0.2) is 125 Å². The third-order valence-electron chi connectivity index (χ3n) is 15.3. The van der Waals surface area contributed by atoms with E-state index in [9.17, 15) is 29.4 Å². The molecule has 2 aromatic rings. The summed E-state index contributed by atoms with van der Waals surface area (Å²) in [5.41, 5.74) is 2.86. The molecule has 14 heteroatoms. The van der Waals surface area contributed by atoms with E-state index in [1.54, 1.807) is 28.1 Å². The first-order valence-electron chi connectivity index (χ1n) is 25.4. The van der Waals surface area contributed by atoms with E-state index >= 15 is 0 Å². The number of aliphatic hydroxyl groups excluding tert-OH is 1. The first-order valence-corrected chi connectivity index (χ1v) is 25.4. The highest BCUT2D eigenvalue weighted by Gasteiger charge is 2.56. The summed E-state index contributed by atoms with van der Waals surface area (Å²) in [6, 6.07) is 7.13. The maximum absolute atomic E-state index is 14.6. The minimum absolute atomic E-state index is 0.0186. The molecule has 0 spiro atoms. The van der Waals surface area contributed by atoms with Gasteiger partial charge in [0.1, 0.15) is 35.9 Å². The van der Waals surface area contributed by atoms with Crippen molar-refractivity contribution in [3.8, 4) is 5.75 Å². The number of aryl methyl sites for hydroxylation is 1. The summed E-state index contributed by atoms with van der Waals surface area (Å²) in [5.74, 6) is -6.68. The Kier molecular flexibility index (Phi) is 18.7. The molecule has 1 aliphatic carbocycles. The van der Waals surface area contributed by atoms with Gasteiger partial charge in [-0.1, -0.05) is 45.4 Å². The van der Waals surface area contributed by atoms with E-state index in [1.165, 1.54) is 4.90 Å². The Labute approximate surface area is 404 Å². The number of piperidine rings is 1. The van der Waals surface area contributed by atoms with Crippen molar-refractivity contribution in [1.29, 1.82) is 0 Å². The van der Waals surface area contributed by atoms with Crippen LogP contribution in [0.4, 0.5) is 0 Å². The number of hydrogen-bond acceptors (Lipinski definition) is 12. The quantitative estimate of drug-likeness (QED) is 0.134. The Bertz CT molecular complexity index is 2110. The minimum atomic E-state index is -2.51. The van der Waals surface area contributed by atoms with Crippen LogP contribution >= 0.6 is 0 Å². The van der Waals surface area contributed by atoms with E-state index < -0.39 is 77.8 Å². The molecule has 14 atom stereocenters. The molecule has 14 unspecified atom stereocenters. The van der Waals surface area contributed by atoms with Gasteiger partial charge in [-0.2, -0.15) is 0 Å². The fraction of sp³-hybridized carbons (Fsp3) is 0.704. The second kappa shape index (κ2) is 23.8. The largest absolute Gasteiger partial charge is 0.488 e. The maximum Gasteiger partial charge on any atom is 0.329 e. The van der Waals surface area contributed by atoms with E-state index in [1.807, 2.05) is 39.8 Å². The van der Waals surface area contributed by atoms with Crippen molar-refractivity contribution >= 4 is 34.3 Å². The molecule has 1 aromatic carbocycles. The third kappa shape index (κ3) is 12.1. The van der Waals surface area contributed by atoms with Crippen LogP contribution in [0.25, 0.3) is 10.9 Å². The van der Waals surface area contributed by atoms with Gasteiger partial charge in [0.25, 0.3) is 11.7 Å². The van der Waals surface area contributed by atoms with E-state index in [0.29, 0.717) is 50.7 Å². The smallest absolute Gasteiger partial charge is 0.329 e. The monoisotopic (exact) mass is 949 g/mol. The van der Waals surface area contributed by atoms with Crippen molar-refractivity contribution in [2.75, 3.05) is 27.4 Å². The number of rotatable bonds is 10. The number of aromatic nitrogens is 1. The predicted octanol–water partition coefficient (Wildman–Crippen LogP) is 7.92. The first-order chi connectivity index (χ1) is 32.5. The highest BCUT2D eigenvalue weighted by Crippen LogP contribution is 2.40. The van der Waals surface area contributed by atoms with Crippen LogP contribution in [0.3, 0.4) is 0 Å². The molecule has 68 heavy (non-hydrogen) atoms. The number of carbonyl (C=O) groups excluding carboxylic acids is 4. The molecule has 1 amide bonds. The Morgan fingerprint density at radius 2 is 1.65 bits per heavy atom. The number of fused-ring (bicyclic) bond motifs is 4. The first kappa shape index (κ1) is 53.4. The normalized spacial score (nSPS) is 36.4. The zero-order chi connectivity index (χ0) is 49.4. The van der Waals surface area contributed by atoms with Gasteiger partial charge in [-0.25, -0.2) is 4.79 Å². The third-order valence-corrected chi connectivity index (χ3v) is 15.3. The van der Waals surface area contributed by atoms with Crippen LogP contribution in [-0.2, 0) is 49.4 Å². The van der Waals surface area contributed by atoms with Crippen LogP contribution in [0, 0.1) is 29.6 Å². The molecule has 0 radical (unpaired) electrons. The number of allylic oxidation sites excluding steroid dienone is 3. The summed E-state index contributed by atoms with van der Waals surface area (Å²) >= 11 is 0. The molecule has 2 N–H and O–H groups in total. The molecule has 2 saturated heterocycles. The Morgan fingerprint density at radius 3 is 2.34 bits per heavy atom. The molecular formula is C54H80N2O12. The van der Waals surface area contributed by atoms with E-state index in [4.69, 9.17) is 28.4 Å². The standard InChI is InChI=1S/C54H80N2O12/c1-11-38-25-32(4)24-33(5)26-47(63-9)50-48(64-10)28-35(7)54(62,68-50)51(59)52(60)56-22-15-14-16-42(56)53(61)67-49(36(8)43(57)31-44(38)58)34(6)27-37-17-20-45(46(29-37)65-13-3)66-40-18-19-41-39(30-40)21-23-55(41)12-2/h18-19,21,23,25,27,30,33,35-38,42-43,45-50,57,62H,11-17,20,22,24,26,28-29,31H2,1-10H3/b32-25+,34-27?. The van der Waals surface area contributed by atoms with Crippen molar-refractivity contribution in [3.63, 3.8) is 0 Å². The van der Waals surface area contributed by atoms with Crippen molar-refractivity contribution in [2.45, 2.75) is 187 Å². The van der Waals surface area contributed by atoms with Crippen LogP contribution in [0.5, 0.6) is 5.75 Å². The highest BCUT2D eigenvalue weighted by atomic mass is 16.7. The molecule has 3 aliphatic heterocycles. The van der Waals surface area contributed by atoms with E-state index in [0.717, 1.165) is 41.6 Å². The number of esters is 1. The molecule has 14 nitrogen and oxygen atoms in total. The summed E-state index contributed by atoms with van der Waals surface area (Å²) in [4.78, 5) is 58.7. The van der Waals surface area contributed by atoms with E-state index in [-0.39, 0.29) is 55.6 Å². The minimum Gasteiger partial charge on any atom is -0.488 e. The van der Waals surface area contributed by atoms with Gasteiger partial charge in [0.05, 0.1) is 24.4 Å². The zero-order valence-electron chi connectivity index (χ0n) is 42.3. The van der Waals surface area contributed by atoms with Crippen molar-refractivity contribution in [3.05, 3.63) is 53.8 Å². The second-order valence-corrected chi connectivity index (χ2v) is 20.3. The van der Waals surface area contributed by atoms with Gasteiger partial charge in [0.2, 0.25) is 5.79 Å². The zero-order valence-corrected chi connectivity index (χ0v) is 42.3. The fourth-order valence-electron chi connectivity index (χ4n) is 11.4. The SMILES string of the molecule is CCOC1CC(C=C(C)C2OC(=O)C3CCCCN3C(=O)C(=O)C3(O)OC(C(OC)CC(C)C/C(C)=C/C(CC)C(=O)CC(O)C2C)C(OC)CC3C)CCC1Oc1ccc2c(ccn2CC)c1. The number of methoxy groups -OCH3 is 2. The van der Waals surface area contributed by atoms with Gasteiger partial charge in [-0.3, -0.25) is 14.4 Å². The van der Waals surface area contributed by atoms with Crippen LogP contribution in [0.2, 0.25) is 0 Å². The maximum atomic E-state index is 14.6. The molecule has 6 rings (SSSR count). The Balaban J connectivity index is 1.30. The van der Waals surface area contributed by atoms with Gasteiger partial charge >= 0.3 is 5.97 Å². The average molecular weight is 949 g/mol. The predicted molar refractivity (Wildman–Crippen MR) is 259 cm³/mol. The topological polar surface area (TPSA) is 172 Å². The molecule has 1 saturated carbocycles. The summed E-state index contributed by atoms with van der Waals surface area (Å²) in [6.45, 7) is 16.9. The number of benzene rings is 1. The van der Waals surface area contributed by atoms with Gasteiger partial charge in [0, 0.05) is 75.2 Å². The van der Waals surface area contributed by atoms with Crippen LogP contribution < -0.4 is 4.74 Å². The number of amides is 1. The van der Waals surface area contributed by atoms with Crippen LogP contribution in [0.15, 0.2) is 53.8 Å². The van der Waals surface area contributed by atoms with Crippen molar-refractivity contribution < 1.29 is 57.8 Å². The summed E-state index contributed by atoms with van der Waals surface area (Å²) in [6.07, 6.45) is 6.80. The van der Waals surface area contributed by atoms with Crippen molar-refractivity contribution in [2.24, 2.45) is 29.6 Å². The lowest BCUT2D eigenvalue weighted by Gasteiger charge is -2.47. The number of hydrogen-bond donors (Lipinski definition) is 2. The molecule has 4 aliphatic rings. The number of cyclic esters (lactones) is 1. The summed E-state index contributed by atoms with van der Waals surface area (Å²) in [5, 5.41) is 25.2. The number of Topliss-reactive ketones (excluding diaryl/α,β-unsaturated/α-hetero) is 2. The summed E-state index contributed by atoms with van der Waals surface area (Å²) < 4.78 is 39.7. The highest BCUT2D eigenvalue weighted by molar-refractivity contribution is 6.39. The fourth-order valence-corrected chi connectivity index (χ4v) is 11.4. The lowest BCUT2D eigenvalue weighted by atomic mass is 9.81. The van der Waals surface area contributed by atoms with Gasteiger partial charge in [-0.15, -0.1) is 0 Å². The summed E-state index contributed by atoms with van der Waals surface area (Å²) in [7, 11) is 3.08. The second-order valence-electron chi connectivity index (χ2n) is 20.3. The molecule has 2 bridgehead atoms. The van der Waals surface area contributed by atoms with Gasteiger partial charge in [0.15, 0.2) is 0 Å². The van der Waals surface area contributed by atoms with Gasteiger partial charge in [-0.05, 0) is 134 Å². The lowest BCUT2D eigenvalue weighted by molar-refractivity contribution is -0.302. The molecule has 378 valence electrons. The number of aliphatic hydroxyl groups is 2. The number of ether oxygens (including phenoxy) is 6. The Hall–Kier alpha value is -3.92. The molecule has 1 aromatic heterocycles. The lowest BCUT2D eigenvalue weighted by Crippen LogP contribution is -2.64. The molecule has 4 heterocycles.